The number of hydrogen-bond acceptors (Lipinski definition) is 5. The lowest BCUT2D eigenvalue weighted by atomic mass is 10.2. The Morgan fingerprint density at radius 2 is 1.86 bits per heavy atom. The van der Waals surface area contributed by atoms with Crippen LogP contribution in [0.2, 0.25) is 0 Å². The van der Waals surface area contributed by atoms with Crippen molar-refractivity contribution >= 4 is 23.4 Å². The molecule has 0 unspecified atom stereocenters. The minimum atomic E-state index is -0.0901. The average molecular weight is 389 g/mol. The van der Waals surface area contributed by atoms with Crippen molar-refractivity contribution in [3.8, 4) is 17.7 Å². The second-order valence-corrected chi connectivity index (χ2v) is 7.14. The largest absolute Gasteiger partial charge is 0.439 e. The van der Waals surface area contributed by atoms with Crippen LogP contribution in [-0.2, 0) is 10.5 Å². The highest BCUT2D eigenvalue weighted by Crippen LogP contribution is 2.21. The number of amides is 1. The van der Waals surface area contributed by atoms with Crippen molar-refractivity contribution in [3.05, 3.63) is 83.6 Å². The third kappa shape index (κ3) is 5.86. The molecule has 0 saturated carbocycles. The maximum Gasteiger partial charge on any atom is 0.234 e. The molecule has 2 aromatic carbocycles. The quantitative estimate of drug-likeness (QED) is 0.620. The molecule has 0 spiro atoms. The van der Waals surface area contributed by atoms with Crippen molar-refractivity contribution in [1.29, 1.82) is 5.26 Å². The summed E-state index contributed by atoms with van der Waals surface area (Å²) < 4.78 is 5.68. The molecule has 140 valence electrons. The number of thioether (sulfide) groups is 1. The van der Waals surface area contributed by atoms with E-state index in [1.54, 1.807) is 30.5 Å². The third-order valence-electron chi connectivity index (χ3n) is 3.85. The Morgan fingerprint density at radius 1 is 1.11 bits per heavy atom. The highest BCUT2D eigenvalue weighted by Gasteiger charge is 2.05. The van der Waals surface area contributed by atoms with Crippen LogP contribution < -0.4 is 10.1 Å². The zero-order valence-corrected chi connectivity index (χ0v) is 16.2. The van der Waals surface area contributed by atoms with E-state index < -0.39 is 0 Å². The lowest BCUT2D eigenvalue weighted by molar-refractivity contribution is -0.113. The molecule has 0 aliphatic heterocycles. The summed E-state index contributed by atoms with van der Waals surface area (Å²) in [6.45, 7) is 2.02. The number of anilines is 1. The number of aromatic nitrogens is 1. The SMILES string of the molecule is Cc1ccc(Oc2ccc(NC(=O)CSCc3ccc(C#N)cc3)cn2)cc1. The predicted octanol–water partition coefficient (Wildman–Crippen LogP) is 4.93. The van der Waals surface area contributed by atoms with Gasteiger partial charge in [-0.3, -0.25) is 4.79 Å². The lowest BCUT2D eigenvalue weighted by Crippen LogP contribution is -2.14. The molecule has 1 aromatic heterocycles. The Labute approximate surface area is 168 Å². The number of ether oxygens (including phenoxy) is 1. The van der Waals surface area contributed by atoms with Gasteiger partial charge in [-0.1, -0.05) is 29.8 Å². The molecular formula is C22H19N3O2S. The molecule has 0 atom stereocenters. The van der Waals surface area contributed by atoms with E-state index in [0.717, 1.165) is 11.1 Å². The molecule has 0 aliphatic carbocycles. The first-order valence-electron chi connectivity index (χ1n) is 8.69. The predicted molar refractivity (Wildman–Crippen MR) is 111 cm³/mol. The lowest BCUT2D eigenvalue weighted by Gasteiger charge is -2.07. The van der Waals surface area contributed by atoms with Crippen LogP contribution in [0.4, 0.5) is 5.69 Å². The fraction of sp³-hybridized carbons (Fsp3) is 0.136. The summed E-state index contributed by atoms with van der Waals surface area (Å²) in [5, 5.41) is 11.6. The highest BCUT2D eigenvalue weighted by molar-refractivity contribution is 7.99. The number of pyridine rings is 1. The van der Waals surface area contributed by atoms with E-state index in [0.29, 0.717) is 34.4 Å². The number of carbonyl (C=O) groups excluding carboxylic acids is 1. The molecule has 0 radical (unpaired) electrons. The fourth-order valence-corrected chi connectivity index (χ4v) is 3.16. The summed E-state index contributed by atoms with van der Waals surface area (Å²) in [5.41, 5.74) is 3.50. The van der Waals surface area contributed by atoms with Gasteiger partial charge < -0.3 is 10.1 Å². The number of nitrogens with zero attached hydrogens (tertiary/aromatic N) is 2. The van der Waals surface area contributed by atoms with Crippen LogP contribution >= 0.6 is 11.8 Å². The monoisotopic (exact) mass is 389 g/mol. The summed E-state index contributed by atoms with van der Waals surface area (Å²) in [6, 6.07) is 20.7. The number of benzene rings is 2. The molecule has 3 aromatic rings. The Hall–Kier alpha value is -3.30. The molecule has 0 aliphatic rings. The van der Waals surface area contributed by atoms with E-state index in [1.807, 2.05) is 43.3 Å². The molecule has 0 fully saturated rings. The smallest absolute Gasteiger partial charge is 0.234 e. The molecule has 0 saturated heterocycles. The summed E-state index contributed by atoms with van der Waals surface area (Å²) >= 11 is 1.51. The van der Waals surface area contributed by atoms with Gasteiger partial charge in [-0.05, 0) is 42.8 Å². The Kier molecular flexibility index (Phi) is 6.66. The van der Waals surface area contributed by atoms with Gasteiger partial charge >= 0.3 is 0 Å². The minimum absolute atomic E-state index is 0.0901. The van der Waals surface area contributed by atoms with Crippen molar-refractivity contribution in [3.63, 3.8) is 0 Å². The molecule has 1 N–H and O–H groups in total. The van der Waals surface area contributed by atoms with Crippen molar-refractivity contribution in [2.75, 3.05) is 11.1 Å². The van der Waals surface area contributed by atoms with E-state index in [-0.39, 0.29) is 5.91 Å². The maximum absolute atomic E-state index is 12.1. The molecule has 0 bridgehead atoms. The van der Waals surface area contributed by atoms with Gasteiger partial charge in [0.2, 0.25) is 11.8 Å². The van der Waals surface area contributed by atoms with Gasteiger partial charge in [-0.25, -0.2) is 4.98 Å². The second-order valence-electron chi connectivity index (χ2n) is 6.15. The summed E-state index contributed by atoms with van der Waals surface area (Å²) in [4.78, 5) is 16.3. The number of nitrogens with one attached hydrogen (secondary N) is 1. The van der Waals surface area contributed by atoms with Gasteiger partial charge in [0.25, 0.3) is 0 Å². The van der Waals surface area contributed by atoms with E-state index in [1.165, 1.54) is 11.8 Å². The van der Waals surface area contributed by atoms with Gasteiger partial charge in [-0.2, -0.15) is 5.26 Å². The third-order valence-corrected chi connectivity index (χ3v) is 4.85. The van der Waals surface area contributed by atoms with Crippen LogP contribution in [0.25, 0.3) is 0 Å². The summed E-state index contributed by atoms with van der Waals surface area (Å²) in [6.07, 6.45) is 1.58. The number of carbonyl (C=O) groups is 1. The van der Waals surface area contributed by atoms with E-state index in [2.05, 4.69) is 16.4 Å². The summed E-state index contributed by atoms with van der Waals surface area (Å²) in [5.74, 6) is 2.14. The van der Waals surface area contributed by atoms with Crippen molar-refractivity contribution < 1.29 is 9.53 Å². The topological polar surface area (TPSA) is 75.0 Å². The zero-order chi connectivity index (χ0) is 19.8. The van der Waals surface area contributed by atoms with Crippen molar-refractivity contribution in [2.45, 2.75) is 12.7 Å². The van der Waals surface area contributed by atoms with Crippen LogP contribution in [0.1, 0.15) is 16.7 Å². The van der Waals surface area contributed by atoms with Gasteiger partial charge in [-0.15, -0.1) is 11.8 Å². The van der Waals surface area contributed by atoms with E-state index in [9.17, 15) is 4.79 Å². The van der Waals surface area contributed by atoms with E-state index >= 15 is 0 Å². The Morgan fingerprint density at radius 3 is 2.50 bits per heavy atom. The second kappa shape index (κ2) is 9.58. The molecule has 5 nitrogen and oxygen atoms in total. The zero-order valence-electron chi connectivity index (χ0n) is 15.4. The van der Waals surface area contributed by atoms with Crippen LogP contribution in [0.3, 0.4) is 0 Å². The minimum Gasteiger partial charge on any atom is -0.439 e. The first kappa shape index (κ1) is 19.5. The van der Waals surface area contributed by atoms with Gasteiger partial charge in [0.1, 0.15) is 5.75 Å². The van der Waals surface area contributed by atoms with Crippen LogP contribution in [-0.4, -0.2) is 16.6 Å². The number of rotatable bonds is 7. The number of nitriles is 1. The van der Waals surface area contributed by atoms with E-state index in [4.69, 9.17) is 10.00 Å². The molecule has 28 heavy (non-hydrogen) atoms. The van der Waals surface area contributed by atoms with Gasteiger partial charge in [0.05, 0.1) is 29.3 Å². The summed E-state index contributed by atoms with van der Waals surface area (Å²) in [7, 11) is 0. The van der Waals surface area contributed by atoms with Crippen LogP contribution in [0.15, 0.2) is 66.9 Å². The highest BCUT2D eigenvalue weighted by atomic mass is 32.2. The van der Waals surface area contributed by atoms with Gasteiger partial charge in [0, 0.05) is 11.8 Å². The van der Waals surface area contributed by atoms with Crippen LogP contribution in [0.5, 0.6) is 11.6 Å². The molecule has 1 heterocycles. The first-order chi connectivity index (χ1) is 13.6. The molecule has 6 heteroatoms. The fourth-order valence-electron chi connectivity index (χ4n) is 2.38. The van der Waals surface area contributed by atoms with Crippen LogP contribution in [0, 0.1) is 18.3 Å². The average Bonchev–Trinajstić information content (AvgIpc) is 2.72. The Bertz CT molecular complexity index is 963. The Balaban J connectivity index is 1.44. The van der Waals surface area contributed by atoms with Crippen molar-refractivity contribution in [1.82, 2.24) is 4.98 Å². The van der Waals surface area contributed by atoms with Crippen molar-refractivity contribution in [2.24, 2.45) is 0 Å². The molecular weight excluding hydrogens is 370 g/mol. The first-order valence-corrected chi connectivity index (χ1v) is 9.85. The molecule has 1 amide bonds. The number of aryl methyl sites for hydroxylation is 1. The van der Waals surface area contributed by atoms with Gasteiger partial charge in [0.15, 0.2) is 0 Å². The normalized spacial score (nSPS) is 10.1. The standard InChI is InChI=1S/C22H19N3O2S/c1-16-2-9-20(10-3-16)27-22-11-8-19(13-24-22)25-21(26)15-28-14-18-6-4-17(12-23)5-7-18/h2-11,13H,14-15H2,1H3,(H,25,26). The maximum atomic E-state index is 12.1. The molecule has 3 rings (SSSR count). The number of hydrogen-bond donors (Lipinski definition) is 1.